The number of hydrogen-bond acceptors (Lipinski definition) is 5. The number of quaternary nitrogens is 1. The van der Waals surface area contributed by atoms with E-state index in [-0.39, 0.29) is 10.6 Å². The van der Waals surface area contributed by atoms with Crippen LogP contribution >= 0.6 is 11.3 Å². The molecule has 8 heteroatoms. The van der Waals surface area contributed by atoms with Gasteiger partial charge in [0.25, 0.3) is 10.0 Å². The molecule has 0 atom stereocenters. The molecule has 2 rings (SSSR count). The Hall–Kier alpha value is -0.960. The molecule has 0 amide bonds. The maximum Gasteiger partial charge on any atom is 0.252 e. The first-order chi connectivity index (χ1) is 9.43. The summed E-state index contributed by atoms with van der Waals surface area (Å²) < 4.78 is 26.6. The molecule has 0 aliphatic carbocycles. The van der Waals surface area contributed by atoms with Gasteiger partial charge in [0, 0.05) is 17.3 Å². The molecule has 1 N–H and O–H groups in total. The number of aliphatic carboxylic acids is 1. The zero-order valence-electron chi connectivity index (χ0n) is 11.3. The van der Waals surface area contributed by atoms with E-state index in [0.717, 1.165) is 31.0 Å². The standard InChI is InChI=1S/C12H18N2O4S2/c1-2-13-5-7-14(8-6-13)20(17,18)12-4-3-10(19-12)9-11(15)16/h3-4H,2,5-9H2,1H3,(H,15,16). The molecule has 0 spiro atoms. The summed E-state index contributed by atoms with van der Waals surface area (Å²) in [5, 5.41) is 10.5. The minimum Gasteiger partial charge on any atom is -0.550 e. The second kappa shape index (κ2) is 6.21. The van der Waals surface area contributed by atoms with Gasteiger partial charge in [0.05, 0.1) is 32.7 Å². The van der Waals surface area contributed by atoms with Crippen LogP contribution in [0.15, 0.2) is 16.3 Å². The minimum atomic E-state index is -3.48. The van der Waals surface area contributed by atoms with Gasteiger partial charge in [0.15, 0.2) is 0 Å². The number of carboxylic acids is 1. The van der Waals surface area contributed by atoms with Crippen molar-refractivity contribution in [3.05, 3.63) is 17.0 Å². The smallest absolute Gasteiger partial charge is 0.252 e. The maximum absolute atomic E-state index is 12.4. The number of nitrogens with zero attached hydrogens (tertiary/aromatic N) is 1. The lowest BCUT2D eigenvalue weighted by molar-refractivity contribution is -0.901. The van der Waals surface area contributed by atoms with Crippen molar-refractivity contribution < 1.29 is 23.2 Å². The van der Waals surface area contributed by atoms with Crippen molar-refractivity contribution in [2.45, 2.75) is 17.6 Å². The van der Waals surface area contributed by atoms with Crippen LogP contribution in [0.2, 0.25) is 0 Å². The largest absolute Gasteiger partial charge is 0.550 e. The molecule has 1 saturated heterocycles. The predicted octanol–water partition coefficient (Wildman–Crippen LogP) is -2.05. The quantitative estimate of drug-likeness (QED) is 0.677. The second-order valence-electron chi connectivity index (χ2n) is 4.78. The van der Waals surface area contributed by atoms with Gasteiger partial charge in [-0.1, -0.05) is 0 Å². The molecule has 1 fully saturated rings. The number of hydrogen-bond donors (Lipinski definition) is 1. The van der Waals surface area contributed by atoms with Crippen molar-refractivity contribution >= 4 is 27.3 Å². The summed E-state index contributed by atoms with van der Waals surface area (Å²) in [7, 11) is -3.48. The number of carbonyl (C=O) groups excluding carboxylic acids is 1. The van der Waals surface area contributed by atoms with Crippen LogP contribution in [0, 0.1) is 0 Å². The highest BCUT2D eigenvalue weighted by atomic mass is 32.2. The molecule has 1 aliphatic rings. The summed E-state index contributed by atoms with van der Waals surface area (Å²) in [6.45, 7) is 5.74. The Labute approximate surface area is 122 Å². The van der Waals surface area contributed by atoms with E-state index in [0.29, 0.717) is 18.0 Å². The van der Waals surface area contributed by atoms with Gasteiger partial charge in [0.2, 0.25) is 0 Å². The van der Waals surface area contributed by atoms with Crippen LogP contribution < -0.4 is 10.0 Å². The third-order valence-corrected chi connectivity index (χ3v) is 6.93. The Kier molecular flexibility index (Phi) is 4.79. The van der Waals surface area contributed by atoms with Crippen LogP contribution in [0.5, 0.6) is 0 Å². The van der Waals surface area contributed by atoms with Crippen molar-refractivity contribution in [2.24, 2.45) is 0 Å². The van der Waals surface area contributed by atoms with Crippen LogP contribution in [-0.2, 0) is 21.2 Å². The van der Waals surface area contributed by atoms with Gasteiger partial charge >= 0.3 is 0 Å². The molecular weight excluding hydrogens is 300 g/mol. The molecule has 0 aromatic carbocycles. The lowest BCUT2D eigenvalue weighted by atomic mass is 10.3. The van der Waals surface area contributed by atoms with Gasteiger partial charge in [0.1, 0.15) is 4.21 Å². The van der Waals surface area contributed by atoms with Gasteiger partial charge < -0.3 is 14.8 Å². The van der Waals surface area contributed by atoms with Gasteiger partial charge in [-0.15, -0.1) is 11.3 Å². The lowest BCUT2D eigenvalue weighted by Crippen LogP contribution is -3.14. The third-order valence-electron chi connectivity index (χ3n) is 3.48. The Morgan fingerprint density at radius 1 is 1.40 bits per heavy atom. The fraction of sp³-hybridized carbons (Fsp3) is 0.583. The van der Waals surface area contributed by atoms with Crippen LogP contribution in [-0.4, -0.2) is 51.4 Å². The Balaban J connectivity index is 2.10. The zero-order valence-corrected chi connectivity index (χ0v) is 12.9. The monoisotopic (exact) mass is 318 g/mol. The predicted molar refractivity (Wildman–Crippen MR) is 73.0 cm³/mol. The molecule has 0 unspecified atom stereocenters. The molecule has 0 radical (unpaired) electrons. The van der Waals surface area contributed by atoms with E-state index >= 15 is 0 Å². The molecule has 112 valence electrons. The number of piperazine rings is 1. The summed E-state index contributed by atoms with van der Waals surface area (Å²) in [5.74, 6) is -1.20. The van der Waals surface area contributed by atoms with E-state index in [1.807, 2.05) is 0 Å². The number of nitrogens with one attached hydrogen (secondary N) is 1. The van der Waals surface area contributed by atoms with E-state index in [9.17, 15) is 18.3 Å². The average Bonchev–Trinajstić information content (AvgIpc) is 2.87. The SMILES string of the molecule is CC[NH+]1CCN(S(=O)(=O)c2ccc(CC(=O)[O-])s2)CC1. The number of sulfonamides is 1. The molecule has 2 heterocycles. The summed E-state index contributed by atoms with van der Waals surface area (Å²) in [6, 6.07) is 3.03. The summed E-state index contributed by atoms with van der Waals surface area (Å²) >= 11 is 1.01. The highest BCUT2D eigenvalue weighted by Gasteiger charge is 2.30. The Bertz CT molecular complexity index is 574. The van der Waals surface area contributed by atoms with Crippen molar-refractivity contribution in [1.29, 1.82) is 0 Å². The van der Waals surface area contributed by atoms with Crippen LogP contribution in [0.1, 0.15) is 11.8 Å². The molecular formula is C12H18N2O4S2. The molecule has 0 saturated carbocycles. The van der Waals surface area contributed by atoms with Crippen molar-refractivity contribution in [3.8, 4) is 0 Å². The topological polar surface area (TPSA) is 82.0 Å². The van der Waals surface area contributed by atoms with E-state index in [2.05, 4.69) is 6.92 Å². The van der Waals surface area contributed by atoms with Gasteiger partial charge in [-0.25, -0.2) is 8.42 Å². The van der Waals surface area contributed by atoms with Gasteiger partial charge in [-0.3, -0.25) is 0 Å². The third kappa shape index (κ3) is 3.38. The molecule has 0 bridgehead atoms. The first-order valence-corrected chi connectivity index (χ1v) is 8.81. The van der Waals surface area contributed by atoms with Gasteiger partial charge in [-0.2, -0.15) is 4.31 Å². The fourth-order valence-corrected chi connectivity index (χ4v) is 5.19. The van der Waals surface area contributed by atoms with E-state index in [4.69, 9.17) is 0 Å². The molecule has 6 nitrogen and oxygen atoms in total. The van der Waals surface area contributed by atoms with Crippen LogP contribution in [0.3, 0.4) is 0 Å². The highest BCUT2D eigenvalue weighted by Crippen LogP contribution is 2.25. The normalized spacial score (nSPS) is 18.2. The highest BCUT2D eigenvalue weighted by molar-refractivity contribution is 7.91. The zero-order chi connectivity index (χ0) is 14.8. The summed E-state index contributed by atoms with van der Waals surface area (Å²) in [6.07, 6.45) is -0.242. The van der Waals surface area contributed by atoms with Gasteiger partial charge in [-0.05, 0) is 19.1 Å². The first-order valence-electron chi connectivity index (χ1n) is 6.55. The number of carboxylic acid groups (broad SMARTS) is 1. The van der Waals surface area contributed by atoms with Crippen molar-refractivity contribution in [1.82, 2.24) is 4.31 Å². The second-order valence-corrected chi connectivity index (χ2v) is 8.11. The molecule has 20 heavy (non-hydrogen) atoms. The molecule has 1 aliphatic heterocycles. The Morgan fingerprint density at radius 3 is 2.60 bits per heavy atom. The van der Waals surface area contributed by atoms with E-state index < -0.39 is 16.0 Å². The van der Waals surface area contributed by atoms with Crippen molar-refractivity contribution in [3.63, 3.8) is 0 Å². The summed E-state index contributed by atoms with van der Waals surface area (Å²) in [5.41, 5.74) is 0. The molecule has 1 aromatic rings. The number of rotatable bonds is 5. The minimum absolute atomic E-state index is 0.216. The van der Waals surface area contributed by atoms with Crippen LogP contribution in [0.4, 0.5) is 0 Å². The fourth-order valence-electron chi connectivity index (χ4n) is 2.26. The van der Waals surface area contributed by atoms with E-state index in [1.54, 1.807) is 6.07 Å². The maximum atomic E-state index is 12.4. The number of thiophene rings is 1. The Morgan fingerprint density at radius 2 is 2.05 bits per heavy atom. The average molecular weight is 318 g/mol. The summed E-state index contributed by atoms with van der Waals surface area (Å²) in [4.78, 5) is 12.4. The lowest BCUT2D eigenvalue weighted by Gasteiger charge is -2.30. The number of likely N-dealkylation sites (N-methyl/N-ethyl adjacent to an activating group) is 1. The molecule has 1 aromatic heterocycles. The van der Waals surface area contributed by atoms with Crippen molar-refractivity contribution in [2.75, 3.05) is 32.7 Å². The first kappa shape index (κ1) is 15.4. The van der Waals surface area contributed by atoms with Crippen LogP contribution in [0.25, 0.3) is 0 Å². The number of carbonyl (C=O) groups is 1. The van der Waals surface area contributed by atoms with E-state index in [1.165, 1.54) is 15.3 Å².